The van der Waals surface area contributed by atoms with Crippen molar-refractivity contribution >= 4 is 22.6 Å². The Kier molecular flexibility index (Phi) is 4.10. The zero-order valence-corrected chi connectivity index (χ0v) is 15.2. The highest BCUT2D eigenvalue weighted by molar-refractivity contribution is 6.31. The quantitative estimate of drug-likeness (QED) is 0.694. The topological polar surface area (TPSA) is 67.9 Å². The van der Waals surface area contributed by atoms with Crippen molar-refractivity contribution in [3.63, 3.8) is 0 Å². The fourth-order valence-corrected chi connectivity index (χ4v) is 3.80. The predicted molar refractivity (Wildman–Crippen MR) is 98.1 cm³/mol. The van der Waals surface area contributed by atoms with Crippen molar-refractivity contribution in [1.82, 2.24) is 25.1 Å². The van der Waals surface area contributed by atoms with E-state index < -0.39 is 0 Å². The summed E-state index contributed by atoms with van der Waals surface area (Å²) in [5.41, 5.74) is 1.90. The number of rotatable bonds is 4. The van der Waals surface area contributed by atoms with E-state index in [0.29, 0.717) is 16.9 Å². The van der Waals surface area contributed by atoms with Crippen LogP contribution in [0.1, 0.15) is 55.0 Å². The summed E-state index contributed by atoms with van der Waals surface area (Å²) in [6.45, 7) is 2.77. The summed E-state index contributed by atoms with van der Waals surface area (Å²) in [5, 5.41) is 10.0. The van der Waals surface area contributed by atoms with Gasteiger partial charge in [-0.2, -0.15) is 0 Å². The minimum atomic E-state index is 0.470. The van der Waals surface area contributed by atoms with Gasteiger partial charge in [0.25, 0.3) is 0 Å². The third kappa shape index (κ3) is 3.31. The molecule has 1 aliphatic heterocycles. The van der Waals surface area contributed by atoms with Gasteiger partial charge in [-0.15, -0.1) is 10.2 Å². The van der Waals surface area contributed by atoms with Gasteiger partial charge >= 0.3 is 0 Å². The average molecular weight is 370 g/mol. The number of aromatic nitrogens is 4. The number of piperidine rings is 1. The lowest BCUT2D eigenvalue weighted by Crippen LogP contribution is -2.32. The fourth-order valence-electron chi connectivity index (χ4n) is 3.63. The number of halogens is 1. The molecule has 7 heteroatoms. The second-order valence-electron chi connectivity index (χ2n) is 7.30. The van der Waals surface area contributed by atoms with Gasteiger partial charge in [0.05, 0.1) is 11.6 Å². The highest BCUT2D eigenvalue weighted by Crippen LogP contribution is 2.39. The summed E-state index contributed by atoms with van der Waals surface area (Å²) in [5.74, 6) is 2.56. The smallest absolute Gasteiger partial charge is 0.230 e. The Morgan fingerprint density at radius 3 is 2.73 bits per heavy atom. The predicted octanol–water partition coefficient (Wildman–Crippen LogP) is 3.92. The monoisotopic (exact) mass is 369 g/mol. The van der Waals surface area contributed by atoms with Crippen LogP contribution in [-0.2, 0) is 6.54 Å². The third-order valence-corrected chi connectivity index (χ3v) is 5.51. The summed E-state index contributed by atoms with van der Waals surface area (Å²) < 4.78 is 5.78. The van der Waals surface area contributed by atoms with Crippen molar-refractivity contribution < 1.29 is 4.42 Å². The van der Waals surface area contributed by atoms with Crippen LogP contribution in [0.4, 0.5) is 0 Å². The number of nitrogens with zero attached hydrogens (tertiary/aromatic N) is 5. The zero-order valence-electron chi connectivity index (χ0n) is 14.4. The first-order chi connectivity index (χ1) is 12.7. The average Bonchev–Trinajstić information content (AvgIpc) is 3.41. The van der Waals surface area contributed by atoms with Gasteiger partial charge in [0.1, 0.15) is 0 Å². The molecule has 26 heavy (non-hydrogen) atoms. The summed E-state index contributed by atoms with van der Waals surface area (Å²) in [7, 11) is 0. The molecule has 6 nitrogen and oxygen atoms in total. The SMILES string of the molecule is Clc1cnc2nc(C3CCN(Cc4nnc(C5CC5)o4)CC3)ccc2c1. The number of likely N-dealkylation sites (tertiary alicyclic amines) is 1. The van der Waals surface area contributed by atoms with Crippen LogP contribution >= 0.6 is 11.6 Å². The second kappa shape index (κ2) is 6.59. The Morgan fingerprint density at radius 1 is 1.08 bits per heavy atom. The molecular weight excluding hydrogens is 350 g/mol. The van der Waals surface area contributed by atoms with Crippen molar-refractivity contribution in [3.05, 3.63) is 46.9 Å². The normalized spacial score (nSPS) is 19.3. The molecule has 1 saturated carbocycles. The van der Waals surface area contributed by atoms with E-state index in [-0.39, 0.29) is 0 Å². The fraction of sp³-hybridized carbons (Fsp3) is 0.474. The van der Waals surface area contributed by atoms with E-state index in [2.05, 4.69) is 32.2 Å². The summed E-state index contributed by atoms with van der Waals surface area (Å²) in [6, 6.07) is 6.09. The van der Waals surface area contributed by atoms with Gasteiger partial charge in [-0.05, 0) is 57.0 Å². The molecule has 0 N–H and O–H groups in total. The molecule has 3 aromatic heterocycles. The van der Waals surface area contributed by atoms with Crippen LogP contribution in [0.5, 0.6) is 0 Å². The number of hydrogen-bond donors (Lipinski definition) is 0. The first kappa shape index (κ1) is 16.1. The van der Waals surface area contributed by atoms with Gasteiger partial charge in [-0.1, -0.05) is 11.6 Å². The van der Waals surface area contributed by atoms with Gasteiger partial charge in [-0.25, -0.2) is 9.97 Å². The van der Waals surface area contributed by atoms with Gasteiger partial charge < -0.3 is 4.42 Å². The lowest BCUT2D eigenvalue weighted by atomic mass is 9.93. The molecule has 0 amide bonds. The Bertz CT molecular complexity index is 931. The van der Waals surface area contributed by atoms with Crippen molar-refractivity contribution in [2.45, 2.75) is 44.1 Å². The van der Waals surface area contributed by atoms with Crippen LogP contribution in [0.25, 0.3) is 11.0 Å². The minimum absolute atomic E-state index is 0.470. The Hall–Kier alpha value is -2.05. The van der Waals surface area contributed by atoms with Gasteiger partial charge in [0.2, 0.25) is 11.8 Å². The number of pyridine rings is 2. The molecule has 2 aliphatic rings. The first-order valence-electron chi connectivity index (χ1n) is 9.21. The highest BCUT2D eigenvalue weighted by Gasteiger charge is 2.30. The molecule has 5 rings (SSSR count). The minimum Gasteiger partial charge on any atom is -0.424 e. The summed E-state index contributed by atoms with van der Waals surface area (Å²) in [6.07, 6.45) is 6.19. The van der Waals surface area contributed by atoms with Crippen LogP contribution in [0.3, 0.4) is 0 Å². The highest BCUT2D eigenvalue weighted by atomic mass is 35.5. The van der Waals surface area contributed by atoms with E-state index in [1.54, 1.807) is 6.20 Å². The molecule has 4 heterocycles. The molecule has 2 fully saturated rings. The maximum atomic E-state index is 6.00. The van der Waals surface area contributed by atoms with E-state index in [9.17, 15) is 0 Å². The van der Waals surface area contributed by atoms with Crippen LogP contribution in [-0.4, -0.2) is 38.2 Å². The molecule has 3 aromatic rings. The van der Waals surface area contributed by atoms with E-state index in [1.807, 2.05) is 6.07 Å². The van der Waals surface area contributed by atoms with Crippen LogP contribution < -0.4 is 0 Å². The molecule has 0 spiro atoms. The van der Waals surface area contributed by atoms with Crippen LogP contribution in [0, 0.1) is 0 Å². The lowest BCUT2D eigenvalue weighted by Gasteiger charge is -2.30. The maximum Gasteiger partial charge on any atom is 0.230 e. The molecule has 1 saturated heterocycles. The van der Waals surface area contributed by atoms with Crippen LogP contribution in [0.2, 0.25) is 5.02 Å². The van der Waals surface area contributed by atoms with Crippen LogP contribution in [0.15, 0.2) is 28.8 Å². The van der Waals surface area contributed by atoms with Crippen molar-refractivity contribution in [2.75, 3.05) is 13.1 Å². The molecule has 0 atom stereocenters. The standard InChI is InChI=1S/C19H20ClN5O/c20-15-9-14-3-4-16(22-18(14)21-10-15)12-5-7-25(8-6-12)11-17-23-24-19(26-17)13-1-2-13/h3-4,9-10,12-13H,1-2,5-8,11H2. The van der Waals surface area contributed by atoms with Crippen molar-refractivity contribution in [1.29, 1.82) is 0 Å². The molecular formula is C19H20ClN5O. The van der Waals surface area contributed by atoms with Crippen molar-refractivity contribution in [3.8, 4) is 0 Å². The molecule has 0 radical (unpaired) electrons. The zero-order chi connectivity index (χ0) is 17.5. The Morgan fingerprint density at radius 2 is 1.92 bits per heavy atom. The van der Waals surface area contributed by atoms with E-state index in [4.69, 9.17) is 21.0 Å². The van der Waals surface area contributed by atoms with Crippen molar-refractivity contribution in [2.24, 2.45) is 0 Å². The molecule has 0 unspecified atom stereocenters. The molecule has 0 aromatic carbocycles. The summed E-state index contributed by atoms with van der Waals surface area (Å²) in [4.78, 5) is 11.5. The molecule has 134 valence electrons. The molecule has 0 bridgehead atoms. The van der Waals surface area contributed by atoms with Gasteiger partial charge in [-0.3, -0.25) is 4.90 Å². The Balaban J connectivity index is 1.22. The van der Waals surface area contributed by atoms with Gasteiger partial charge in [0.15, 0.2) is 5.65 Å². The van der Waals surface area contributed by atoms with E-state index >= 15 is 0 Å². The van der Waals surface area contributed by atoms with E-state index in [1.165, 1.54) is 12.8 Å². The number of fused-ring (bicyclic) bond motifs is 1. The number of hydrogen-bond acceptors (Lipinski definition) is 6. The Labute approximate surface area is 156 Å². The maximum absolute atomic E-state index is 6.00. The first-order valence-corrected chi connectivity index (χ1v) is 9.59. The summed E-state index contributed by atoms with van der Waals surface area (Å²) >= 11 is 6.00. The largest absolute Gasteiger partial charge is 0.424 e. The van der Waals surface area contributed by atoms with E-state index in [0.717, 1.165) is 61.0 Å². The van der Waals surface area contributed by atoms with Gasteiger partial charge in [0, 0.05) is 29.1 Å². The third-order valence-electron chi connectivity index (χ3n) is 5.30. The lowest BCUT2D eigenvalue weighted by molar-refractivity contribution is 0.185. The molecule has 1 aliphatic carbocycles. The second-order valence-corrected chi connectivity index (χ2v) is 7.73.